The van der Waals surface area contributed by atoms with Crippen molar-refractivity contribution in [2.45, 2.75) is 19.7 Å². The number of nitrogens with one attached hydrogen (secondary N) is 3. The summed E-state index contributed by atoms with van der Waals surface area (Å²) < 4.78 is 45.5. The number of fused-ring (bicyclic) bond motifs is 1. The molecule has 0 radical (unpaired) electrons. The van der Waals surface area contributed by atoms with Crippen molar-refractivity contribution in [1.29, 1.82) is 0 Å². The zero-order valence-corrected chi connectivity index (χ0v) is 18.3. The third-order valence-electron chi connectivity index (χ3n) is 3.90. The molecule has 2 heterocycles. The van der Waals surface area contributed by atoms with Gasteiger partial charge in [-0.05, 0) is 18.2 Å². The molecule has 1 aliphatic rings. The number of guanidine groups is 1. The van der Waals surface area contributed by atoms with Crippen LogP contribution in [0.4, 0.5) is 8.78 Å². The number of carbonyl (C=O) groups is 1. The van der Waals surface area contributed by atoms with Crippen LogP contribution >= 0.6 is 24.0 Å². The molecule has 12 heteroatoms. The number of rotatable bonds is 8. The first-order chi connectivity index (χ1) is 14.0. The zero-order chi connectivity index (χ0) is 20.6. The van der Waals surface area contributed by atoms with Crippen LogP contribution in [0.1, 0.15) is 11.3 Å². The predicted molar refractivity (Wildman–Crippen MR) is 113 cm³/mol. The van der Waals surface area contributed by atoms with Gasteiger partial charge in [0.2, 0.25) is 12.7 Å². The molecule has 1 aliphatic heterocycles. The van der Waals surface area contributed by atoms with Crippen LogP contribution in [-0.4, -0.2) is 38.9 Å². The maximum atomic E-state index is 12.7. The van der Waals surface area contributed by atoms with Gasteiger partial charge < -0.3 is 34.6 Å². The first-order valence-electron chi connectivity index (χ1n) is 8.66. The minimum atomic E-state index is -2.98. The molecule has 164 valence electrons. The maximum absolute atomic E-state index is 12.7. The molecule has 0 spiro atoms. The number of carbonyl (C=O) groups excluding carboxylic acids is 1. The molecule has 3 rings (SSSR count). The highest BCUT2D eigenvalue weighted by Crippen LogP contribution is 2.38. The van der Waals surface area contributed by atoms with Crippen molar-refractivity contribution in [3.05, 3.63) is 41.9 Å². The van der Waals surface area contributed by atoms with Crippen LogP contribution in [0.15, 0.2) is 39.9 Å². The van der Waals surface area contributed by atoms with Gasteiger partial charge in [0.15, 0.2) is 17.5 Å². The second-order valence-electron chi connectivity index (χ2n) is 5.83. The molecule has 9 nitrogen and oxygen atoms in total. The summed E-state index contributed by atoms with van der Waals surface area (Å²) in [5.41, 5.74) is 0.416. The standard InChI is InChI=1S/C18H20F2N4O5.HI/c1-21-18(24-9-16(25)22-8-12-3-2-4-26-12)23-7-11-5-14-15(28-10-27-14)6-13(11)29-17(19)20;/h2-6,17H,7-10H2,1H3,(H,22,25)(H2,21,23,24);1H. The number of alkyl halides is 2. The molecule has 0 bridgehead atoms. The van der Waals surface area contributed by atoms with E-state index in [0.717, 1.165) is 0 Å². The summed E-state index contributed by atoms with van der Waals surface area (Å²) in [6, 6.07) is 6.38. The average Bonchev–Trinajstić information content (AvgIpc) is 3.37. The van der Waals surface area contributed by atoms with Crippen LogP contribution < -0.4 is 30.2 Å². The van der Waals surface area contributed by atoms with Crippen molar-refractivity contribution in [2.24, 2.45) is 4.99 Å². The Balaban J connectivity index is 0.00000320. The van der Waals surface area contributed by atoms with E-state index >= 15 is 0 Å². The minimum absolute atomic E-state index is 0. The highest BCUT2D eigenvalue weighted by molar-refractivity contribution is 14.0. The first kappa shape index (κ1) is 23.5. The van der Waals surface area contributed by atoms with Crippen LogP contribution in [0.25, 0.3) is 0 Å². The van der Waals surface area contributed by atoms with Gasteiger partial charge in [-0.15, -0.1) is 24.0 Å². The number of ether oxygens (including phenoxy) is 3. The summed E-state index contributed by atoms with van der Waals surface area (Å²) in [6.45, 7) is -2.64. The number of amides is 1. The van der Waals surface area contributed by atoms with Crippen molar-refractivity contribution >= 4 is 35.8 Å². The molecule has 1 aromatic carbocycles. The third kappa shape index (κ3) is 6.64. The fourth-order valence-corrected chi connectivity index (χ4v) is 2.53. The Morgan fingerprint density at radius 2 is 1.97 bits per heavy atom. The Kier molecular flexibility index (Phi) is 8.95. The monoisotopic (exact) mass is 538 g/mol. The summed E-state index contributed by atoms with van der Waals surface area (Å²) in [7, 11) is 1.52. The molecular formula is C18H21F2IN4O5. The average molecular weight is 538 g/mol. The predicted octanol–water partition coefficient (Wildman–Crippen LogP) is 2.21. The number of aliphatic imine (C=N–C) groups is 1. The fraction of sp³-hybridized carbons (Fsp3) is 0.333. The Hall–Kier alpha value is -2.77. The number of nitrogens with zero attached hydrogens (tertiary/aromatic N) is 1. The summed E-state index contributed by atoms with van der Waals surface area (Å²) in [5, 5.41) is 8.45. The Labute approximate surface area is 188 Å². The van der Waals surface area contributed by atoms with E-state index in [1.807, 2.05) is 0 Å². The Morgan fingerprint density at radius 3 is 2.63 bits per heavy atom. The molecule has 0 atom stereocenters. The van der Waals surface area contributed by atoms with Crippen LogP contribution in [0.2, 0.25) is 0 Å². The number of hydrogen-bond donors (Lipinski definition) is 3. The molecule has 3 N–H and O–H groups in total. The van der Waals surface area contributed by atoms with Gasteiger partial charge in [-0.3, -0.25) is 9.79 Å². The lowest BCUT2D eigenvalue weighted by atomic mass is 10.1. The quantitative estimate of drug-likeness (QED) is 0.269. The largest absolute Gasteiger partial charge is 0.467 e. The van der Waals surface area contributed by atoms with E-state index < -0.39 is 6.61 Å². The van der Waals surface area contributed by atoms with Crippen molar-refractivity contribution in [2.75, 3.05) is 20.4 Å². The first-order valence-corrected chi connectivity index (χ1v) is 8.66. The number of benzene rings is 1. The van der Waals surface area contributed by atoms with E-state index in [2.05, 4.69) is 25.7 Å². The molecule has 0 saturated carbocycles. The van der Waals surface area contributed by atoms with Crippen molar-refractivity contribution in [1.82, 2.24) is 16.0 Å². The highest BCUT2D eigenvalue weighted by atomic mass is 127. The lowest BCUT2D eigenvalue weighted by molar-refractivity contribution is -0.120. The van der Waals surface area contributed by atoms with Gasteiger partial charge in [-0.25, -0.2) is 0 Å². The molecule has 1 aromatic heterocycles. The fourth-order valence-electron chi connectivity index (χ4n) is 2.53. The molecule has 0 unspecified atom stereocenters. The molecule has 2 aromatic rings. The number of hydrogen-bond acceptors (Lipinski definition) is 6. The van der Waals surface area contributed by atoms with E-state index in [1.54, 1.807) is 18.2 Å². The summed E-state index contributed by atoms with van der Waals surface area (Å²) in [4.78, 5) is 15.9. The summed E-state index contributed by atoms with van der Waals surface area (Å²) in [6.07, 6.45) is 1.52. The SMILES string of the molecule is CN=C(NCC(=O)NCc1ccco1)NCc1cc2c(cc1OC(F)F)OCO2.I. The van der Waals surface area contributed by atoms with Crippen molar-refractivity contribution in [3.63, 3.8) is 0 Å². The smallest absolute Gasteiger partial charge is 0.387 e. The van der Waals surface area contributed by atoms with E-state index in [-0.39, 0.29) is 62.1 Å². The maximum Gasteiger partial charge on any atom is 0.387 e. The van der Waals surface area contributed by atoms with Gasteiger partial charge in [-0.1, -0.05) is 0 Å². The van der Waals surface area contributed by atoms with Gasteiger partial charge in [0, 0.05) is 25.2 Å². The summed E-state index contributed by atoms with van der Waals surface area (Å²) >= 11 is 0. The van der Waals surface area contributed by atoms with E-state index in [0.29, 0.717) is 28.8 Å². The molecule has 0 aliphatic carbocycles. The Bertz CT molecular complexity index is 865. The molecule has 0 saturated heterocycles. The molecule has 30 heavy (non-hydrogen) atoms. The second-order valence-corrected chi connectivity index (χ2v) is 5.83. The minimum Gasteiger partial charge on any atom is -0.467 e. The van der Waals surface area contributed by atoms with Gasteiger partial charge in [0.25, 0.3) is 0 Å². The van der Waals surface area contributed by atoms with E-state index in [9.17, 15) is 13.6 Å². The van der Waals surface area contributed by atoms with Gasteiger partial charge >= 0.3 is 6.61 Å². The van der Waals surface area contributed by atoms with Crippen LogP contribution in [0.3, 0.4) is 0 Å². The van der Waals surface area contributed by atoms with E-state index in [4.69, 9.17) is 13.9 Å². The lowest BCUT2D eigenvalue weighted by Crippen LogP contribution is -2.42. The van der Waals surface area contributed by atoms with Crippen molar-refractivity contribution < 1.29 is 32.2 Å². The lowest BCUT2D eigenvalue weighted by Gasteiger charge is -2.15. The van der Waals surface area contributed by atoms with Crippen LogP contribution in [-0.2, 0) is 17.9 Å². The zero-order valence-electron chi connectivity index (χ0n) is 15.9. The van der Waals surface area contributed by atoms with Gasteiger partial charge in [0.1, 0.15) is 11.5 Å². The van der Waals surface area contributed by atoms with Crippen molar-refractivity contribution in [3.8, 4) is 17.2 Å². The summed E-state index contributed by atoms with van der Waals surface area (Å²) in [5.74, 6) is 1.40. The Morgan fingerprint density at radius 1 is 1.20 bits per heavy atom. The number of furan rings is 1. The normalized spacial score (nSPS) is 12.3. The molecule has 0 fully saturated rings. The molecule has 1 amide bonds. The van der Waals surface area contributed by atoms with Crippen LogP contribution in [0.5, 0.6) is 17.2 Å². The van der Waals surface area contributed by atoms with Crippen LogP contribution in [0, 0.1) is 0 Å². The highest BCUT2D eigenvalue weighted by Gasteiger charge is 2.20. The number of halogens is 3. The second kappa shape index (κ2) is 11.4. The van der Waals surface area contributed by atoms with Gasteiger partial charge in [0.05, 0.1) is 19.4 Å². The topological polar surface area (TPSA) is 106 Å². The van der Waals surface area contributed by atoms with E-state index in [1.165, 1.54) is 19.4 Å². The van der Waals surface area contributed by atoms with Gasteiger partial charge in [-0.2, -0.15) is 8.78 Å². The third-order valence-corrected chi connectivity index (χ3v) is 3.90. The molecular weight excluding hydrogens is 517 g/mol.